The number of nitrogens with zero attached hydrogens (tertiary/aromatic N) is 2. The second-order valence-corrected chi connectivity index (χ2v) is 6.72. The lowest BCUT2D eigenvalue weighted by Gasteiger charge is -2.37. The highest BCUT2D eigenvalue weighted by Crippen LogP contribution is 2.33. The van der Waals surface area contributed by atoms with Crippen LogP contribution in [0.2, 0.25) is 0 Å². The number of carbonyl (C=O) groups excluding carboxylic acids is 2. The minimum atomic E-state index is -0.934. The molecule has 2 aliphatic rings. The summed E-state index contributed by atoms with van der Waals surface area (Å²) in [7, 11) is 0. The number of aliphatic carboxylic acids is 1. The maximum absolute atomic E-state index is 12.3. The largest absolute Gasteiger partial charge is 0.481 e. The Morgan fingerprint density at radius 2 is 1.86 bits per heavy atom. The van der Waals surface area contributed by atoms with Gasteiger partial charge in [-0.15, -0.1) is 0 Å². The van der Waals surface area contributed by atoms with Gasteiger partial charge in [-0.3, -0.25) is 14.4 Å². The molecule has 0 saturated carbocycles. The van der Waals surface area contributed by atoms with Gasteiger partial charge in [-0.25, -0.2) is 0 Å². The van der Waals surface area contributed by atoms with Gasteiger partial charge in [0.2, 0.25) is 11.8 Å². The summed E-state index contributed by atoms with van der Waals surface area (Å²) >= 11 is 0. The highest BCUT2D eigenvalue weighted by molar-refractivity contribution is 5.81. The summed E-state index contributed by atoms with van der Waals surface area (Å²) in [6.45, 7) is 6.15. The van der Waals surface area contributed by atoms with Gasteiger partial charge in [0.15, 0.2) is 0 Å². The van der Waals surface area contributed by atoms with E-state index < -0.39 is 5.97 Å². The molecule has 0 radical (unpaired) electrons. The fourth-order valence-electron chi connectivity index (χ4n) is 3.59. The molecule has 0 aliphatic carbocycles. The van der Waals surface area contributed by atoms with Crippen molar-refractivity contribution in [2.45, 2.75) is 52.0 Å². The van der Waals surface area contributed by atoms with Crippen molar-refractivity contribution in [1.29, 1.82) is 0 Å². The molecule has 2 atom stereocenters. The molecule has 6 nitrogen and oxygen atoms in total. The smallest absolute Gasteiger partial charge is 0.303 e. The molecule has 0 aromatic carbocycles. The van der Waals surface area contributed by atoms with E-state index in [0.29, 0.717) is 31.3 Å². The summed E-state index contributed by atoms with van der Waals surface area (Å²) in [4.78, 5) is 38.7. The lowest BCUT2D eigenvalue weighted by Crippen LogP contribution is -2.44. The van der Waals surface area contributed by atoms with Crippen molar-refractivity contribution >= 4 is 17.8 Å². The second-order valence-electron chi connectivity index (χ2n) is 6.72. The van der Waals surface area contributed by atoms with Gasteiger partial charge in [0.1, 0.15) is 0 Å². The molecule has 2 fully saturated rings. The van der Waals surface area contributed by atoms with E-state index >= 15 is 0 Å². The van der Waals surface area contributed by atoms with Gasteiger partial charge in [-0.1, -0.05) is 0 Å². The number of hydrogen-bond donors (Lipinski definition) is 1. The van der Waals surface area contributed by atoms with Crippen LogP contribution in [0.3, 0.4) is 0 Å². The molecule has 2 rings (SSSR count). The van der Waals surface area contributed by atoms with Gasteiger partial charge in [-0.2, -0.15) is 0 Å². The van der Waals surface area contributed by atoms with E-state index in [1.165, 1.54) is 0 Å². The number of carboxylic acid groups (broad SMARTS) is 1. The zero-order chi connectivity index (χ0) is 16.3. The van der Waals surface area contributed by atoms with Crippen molar-refractivity contribution in [3.8, 4) is 0 Å². The zero-order valence-corrected chi connectivity index (χ0v) is 13.5. The van der Waals surface area contributed by atoms with E-state index in [-0.39, 0.29) is 30.7 Å². The first-order chi connectivity index (χ1) is 10.4. The van der Waals surface area contributed by atoms with E-state index in [2.05, 4.69) is 0 Å². The minimum absolute atomic E-state index is 0.0721. The Morgan fingerprint density at radius 3 is 2.50 bits per heavy atom. The lowest BCUT2D eigenvalue weighted by atomic mass is 9.82. The van der Waals surface area contributed by atoms with Crippen molar-refractivity contribution in [3.05, 3.63) is 0 Å². The monoisotopic (exact) mass is 310 g/mol. The van der Waals surface area contributed by atoms with Gasteiger partial charge in [-0.05, 0) is 38.5 Å². The molecule has 2 saturated heterocycles. The fraction of sp³-hybridized carbons (Fsp3) is 0.812. The predicted octanol–water partition coefficient (Wildman–Crippen LogP) is 1.35. The lowest BCUT2D eigenvalue weighted by molar-refractivity contribution is -0.142. The first kappa shape index (κ1) is 16.8. The number of carbonyl (C=O) groups is 3. The Morgan fingerprint density at radius 1 is 1.18 bits per heavy atom. The molecule has 0 spiro atoms. The van der Waals surface area contributed by atoms with Gasteiger partial charge in [0, 0.05) is 38.5 Å². The number of carboxylic acids is 1. The number of piperidine rings is 1. The average Bonchev–Trinajstić information content (AvgIpc) is 2.62. The molecule has 2 heterocycles. The molecule has 2 amide bonds. The summed E-state index contributed by atoms with van der Waals surface area (Å²) in [6.07, 6.45) is 2.32. The minimum Gasteiger partial charge on any atom is -0.481 e. The second kappa shape index (κ2) is 7.11. The van der Waals surface area contributed by atoms with Crippen LogP contribution in [0.25, 0.3) is 0 Å². The number of rotatable bonds is 4. The van der Waals surface area contributed by atoms with Crippen LogP contribution in [0.4, 0.5) is 0 Å². The van der Waals surface area contributed by atoms with Crippen molar-refractivity contribution in [2.75, 3.05) is 19.6 Å². The molecule has 0 aromatic heterocycles. The van der Waals surface area contributed by atoms with Crippen molar-refractivity contribution < 1.29 is 19.5 Å². The van der Waals surface area contributed by atoms with Gasteiger partial charge in [0.05, 0.1) is 6.42 Å². The molecule has 0 unspecified atom stereocenters. The third kappa shape index (κ3) is 3.99. The summed E-state index contributed by atoms with van der Waals surface area (Å²) in [5.41, 5.74) is 0. The summed E-state index contributed by atoms with van der Waals surface area (Å²) in [5.74, 6) is -0.0591. The van der Waals surface area contributed by atoms with Crippen LogP contribution in [0.15, 0.2) is 0 Å². The molecular weight excluding hydrogens is 284 g/mol. The van der Waals surface area contributed by atoms with Gasteiger partial charge < -0.3 is 14.9 Å². The molecule has 124 valence electrons. The first-order valence-electron chi connectivity index (χ1n) is 8.17. The van der Waals surface area contributed by atoms with Crippen LogP contribution in [-0.2, 0) is 14.4 Å². The Balaban J connectivity index is 1.94. The van der Waals surface area contributed by atoms with Gasteiger partial charge >= 0.3 is 5.97 Å². The van der Waals surface area contributed by atoms with E-state index in [1.54, 1.807) is 4.90 Å². The van der Waals surface area contributed by atoms with Crippen LogP contribution in [-0.4, -0.2) is 58.4 Å². The molecular formula is C16H26N2O4. The number of likely N-dealkylation sites (tertiary alicyclic amines) is 2. The van der Waals surface area contributed by atoms with E-state index in [4.69, 9.17) is 5.11 Å². The topological polar surface area (TPSA) is 77.9 Å². The highest BCUT2D eigenvalue weighted by atomic mass is 16.4. The summed E-state index contributed by atoms with van der Waals surface area (Å²) in [5, 5.41) is 8.68. The molecule has 6 heteroatoms. The molecule has 22 heavy (non-hydrogen) atoms. The van der Waals surface area contributed by atoms with Crippen molar-refractivity contribution in [1.82, 2.24) is 9.80 Å². The molecule has 0 bridgehead atoms. The third-order valence-corrected chi connectivity index (χ3v) is 4.92. The van der Waals surface area contributed by atoms with E-state index in [0.717, 1.165) is 19.4 Å². The van der Waals surface area contributed by atoms with Crippen LogP contribution in [0.1, 0.15) is 46.0 Å². The molecule has 1 N–H and O–H groups in total. The first-order valence-corrected chi connectivity index (χ1v) is 8.17. The Bertz CT molecular complexity index is 449. The normalized spacial score (nSPS) is 25.9. The Hall–Kier alpha value is -1.59. The maximum Gasteiger partial charge on any atom is 0.303 e. The number of fused-ring (bicyclic) bond motifs is 1. The third-order valence-electron chi connectivity index (χ3n) is 4.92. The maximum atomic E-state index is 12.3. The number of hydrogen-bond acceptors (Lipinski definition) is 3. The molecule has 0 aromatic rings. The van der Waals surface area contributed by atoms with Crippen molar-refractivity contribution in [3.63, 3.8) is 0 Å². The van der Waals surface area contributed by atoms with Crippen LogP contribution in [0.5, 0.6) is 0 Å². The Kier molecular flexibility index (Phi) is 5.42. The predicted molar refractivity (Wildman–Crippen MR) is 81.1 cm³/mol. The highest BCUT2D eigenvalue weighted by Gasteiger charge is 2.36. The Labute approximate surface area is 131 Å². The van der Waals surface area contributed by atoms with Gasteiger partial charge in [0.25, 0.3) is 0 Å². The summed E-state index contributed by atoms with van der Waals surface area (Å²) in [6, 6.07) is 0.223. The summed E-state index contributed by atoms with van der Waals surface area (Å²) < 4.78 is 0. The van der Waals surface area contributed by atoms with Crippen LogP contribution in [0, 0.1) is 11.8 Å². The van der Waals surface area contributed by atoms with Crippen molar-refractivity contribution in [2.24, 2.45) is 11.8 Å². The van der Waals surface area contributed by atoms with Crippen LogP contribution < -0.4 is 0 Å². The SMILES string of the molecule is CC(C)N1CC[C@H]2CN(C(=O)CCC(=O)O)CC[C@H]2CC1=O. The van der Waals surface area contributed by atoms with E-state index in [1.807, 2.05) is 18.7 Å². The fourth-order valence-corrected chi connectivity index (χ4v) is 3.59. The molecule has 2 aliphatic heterocycles. The van der Waals surface area contributed by atoms with Crippen LogP contribution >= 0.6 is 0 Å². The standard InChI is InChI=1S/C16H26N2O4/c1-11(2)18-8-6-13-10-17(14(19)3-4-16(21)22)7-5-12(13)9-15(18)20/h11-13H,3-10H2,1-2H3,(H,21,22)/t12-,13-/m0/s1. The average molecular weight is 310 g/mol. The van der Waals surface area contributed by atoms with E-state index in [9.17, 15) is 14.4 Å². The quantitative estimate of drug-likeness (QED) is 0.850. The number of amides is 2. The zero-order valence-electron chi connectivity index (χ0n) is 13.5.